The van der Waals surface area contributed by atoms with Crippen LogP contribution in [0.1, 0.15) is 13.8 Å². The van der Waals surface area contributed by atoms with Gasteiger partial charge in [0, 0.05) is 17.0 Å². The number of carbonyl (C=O) groups excluding carboxylic acids is 1. The van der Waals surface area contributed by atoms with Crippen molar-refractivity contribution in [3.05, 3.63) is 48.3 Å². The fraction of sp³-hybridized carbons (Fsp3) is 0.167. The van der Waals surface area contributed by atoms with Gasteiger partial charge in [0.05, 0.1) is 11.2 Å². The molecule has 0 bridgehead atoms. The highest BCUT2D eigenvalue weighted by atomic mass is 19.1. The lowest BCUT2D eigenvalue weighted by Gasteiger charge is -2.15. The summed E-state index contributed by atoms with van der Waals surface area (Å²) in [5.74, 6) is 0.0782. The number of hydrogen-bond acceptors (Lipinski definition) is 4. The van der Waals surface area contributed by atoms with Crippen LogP contribution < -0.4 is 10.6 Å². The first-order chi connectivity index (χ1) is 11.6. The molecular formula is C18H17FN4O. The van der Waals surface area contributed by atoms with Crippen LogP contribution in [-0.2, 0) is 4.79 Å². The highest BCUT2D eigenvalue weighted by molar-refractivity contribution is 5.99. The Balaban J connectivity index is 2.16. The molecule has 1 aromatic heterocycles. The van der Waals surface area contributed by atoms with E-state index in [1.807, 2.05) is 26.0 Å². The van der Waals surface area contributed by atoms with E-state index in [9.17, 15) is 9.18 Å². The van der Waals surface area contributed by atoms with Gasteiger partial charge in [0.2, 0.25) is 6.41 Å². The van der Waals surface area contributed by atoms with Crippen molar-refractivity contribution in [1.82, 2.24) is 10.2 Å². The van der Waals surface area contributed by atoms with Gasteiger partial charge < -0.3 is 10.6 Å². The minimum absolute atomic E-state index is 0.149. The topological polar surface area (TPSA) is 66.9 Å². The summed E-state index contributed by atoms with van der Waals surface area (Å²) >= 11 is 0. The van der Waals surface area contributed by atoms with Crippen molar-refractivity contribution in [3.8, 4) is 11.1 Å². The fourth-order valence-corrected chi connectivity index (χ4v) is 2.56. The minimum Gasteiger partial charge on any atom is -0.379 e. The number of carbonyl (C=O) groups is 1. The standard InChI is InChI=1S/C18H17FN4O/c1-11(2)21-17-14-8-7-12(13-5-3-4-6-15(13)19)9-16(14)22-23-18(17)20-10-24/h3-11H,1-2H3,(H,21,22)(H,20,23,24). The molecule has 0 aliphatic heterocycles. The summed E-state index contributed by atoms with van der Waals surface area (Å²) in [6.45, 7) is 3.98. The molecule has 0 unspecified atom stereocenters. The highest BCUT2D eigenvalue weighted by Gasteiger charge is 2.13. The van der Waals surface area contributed by atoms with Crippen molar-refractivity contribution in [2.45, 2.75) is 19.9 Å². The van der Waals surface area contributed by atoms with Crippen LogP contribution in [-0.4, -0.2) is 22.6 Å². The Bertz CT molecular complexity index is 895. The average Bonchev–Trinajstić information content (AvgIpc) is 2.57. The number of hydrogen-bond donors (Lipinski definition) is 2. The Hall–Kier alpha value is -3.02. The molecule has 0 atom stereocenters. The highest BCUT2D eigenvalue weighted by Crippen LogP contribution is 2.32. The molecule has 24 heavy (non-hydrogen) atoms. The lowest BCUT2D eigenvalue weighted by Crippen LogP contribution is -2.13. The molecule has 2 aromatic carbocycles. The first kappa shape index (κ1) is 15.9. The molecule has 0 aliphatic carbocycles. The second-order valence-corrected chi connectivity index (χ2v) is 5.70. The molecule has 0 spiro atoms. The van der Waals surface area contributed by atoms with Gasteiger partial charge in [-0.2, -0.15) is 0 Å². The first-order valence-corrected chi connectivity index (χ1v) is 7.62. The van der Waals surface area contributed by atoms with Crippen molar-refractivity contribution >= 4 is 28.8 Å². The fourth-order valence-electron chi connectivity index (χ4n) is 2.56. The smallest absolute Gasteiger partial charge is 0.212 e. The summed E-state index contributed by atoms with van der Waals surface area (Å²) in [6.07, 6.45) is 0.565. The molecule has 1 amide bonds. The van der Waals surface area contributed by atoms with Gasteiger partial charge >= 0.3 is 0 Å². The van der Waals surface area contributed by atoms with Crippen LogP contribution in [0.25, 0.3) is 22.0 Å². The summed E-state index contributed by atoms with van der Waals surface area (Å²) in [5.41, 5.74) is 2.55. The first-order valence-electron chi connectivity index (χ1n) is 7.62. The zero-order valence-corrected chi connectivity index (χ0v) is 13.4. The molecule has 5 nitrogen and oxygen atoms in total. The van der Waals surface area contributed by atoms with E-state index in [1.54, 1.807) is 24.3 Å². The molecule has 0 radical (unpaired) electrons. The Morgan fingerprint density at radius 1 is 1.12 bits per heavy atom. The molecule has 0 saturated carbocycles. The largest absolute Gasteiger partial charge is 0.379 e. The maximum absolute atomic E-state index is 14.0. The van der Waals surface area contributed by atoms with E-state index in [0.717, 1.165) is 10.9 Å². The second-order valence-electron chi connectivity index (χ2n) is 5.70. The van der Waals surface area contributed by atoms with Crippen molar-refractivity contribution in [1.29, 1.82) is 0 Å². The number of rotatable bonds is 5. The Kier molecular flexibility index (Phi) is 4.37. The molecule has 2 N–H and O–H groups in total. The van der Waals surface area contributed by atoms with Crippen LogP contribution in [0, 0.1) is 5.82 Å². The second kappa shape index (κ2) is 6.62. The van der Waals surface area contributed by atoms with Crippen molar-refractivity contribution in [2.75, 3.05) is 10.6 Å². The summed E-state index contributed by atoms with van der Waals surface area (Å²) in [5, 5.41) is 14.8. The molecule has 0 fully saturated rings. The van der Waals surface area contributed by atoms with Gasteiger partial charge in [-0.3, -0.25) is 4.79 Å². The van der Waals surface area contributed by atoms with E-state index in [2.05, 4.69) is 20.8 Å². The molecule has 122 valence electrons. The number of halogens is 1. The van der Waals surface area contributed by atoms with Crippen LogP contribution in [0.5, 0.6) is 0 Å². The van der Waals surface area contributed by atoms with Gasteiger partial charge in [-0.15, -0.1) is 10.2 Å². The van der Waals surface area contributed by atoms with Crippen molar-refractivity contribution in [2.24, 2.45) is 0 Å². The van der Waals surface area contributed by atoms with Gasteiger partial charge in [-0.05, 0) is 37.6 Å². The molecule has 0 saturated heterocycles. The van der Waals surface area contributed by atoms with Crippen LogP contribution in [0.15, 0.2) is 42.5 Å². The zero-order valence-electron chi connectivity index (χ0n) is 13.4. The predicted molar refractivity (Wildman–Crippen MR) is 93.4 cm³/mol. The van der Waals surface area contributed by atoms with E-state index in [0.29, 0.717) is 29.0 Å². The number of anilines is 2. The third-order valence-corrected chi connectivity index (χ3v) is 3.58. The molecular weight excluding hydrogens is 307 g/mol. The summed E-state index contributed by atoms with van der Waals surface area (Å²) < 4.78 is 14.0. The maximum atomic E-state index is 14.0. The van der Waals surface area contributed by atoms with Gasteiger partial charge in [-0.1, -0.05) is 24.3 Å². The van der Waals surface area contributed by atoms with Crippen LogP contribution in [0.4, 0.5) is 15.9 Å². The van der Waals surface area contributed by atoms with Crippen LogP contribution in [0.3, 0.4) is 0 Å². The summed E-state index contributed by atoms with van der Waals surface area (Å²) in [7, 11) is 0. The van der Waals surface area contributed by atoms with E-state index >= 15 is 0 Å². The third-order valence-electron chi connectivity index (χ3n) is 3.58. The number of nitrogens with one attached hydrogen (secondary N) is 2. The van der Waals surface area contributed by atoms with E-state index in [4.69, 9.17) is 0 Å². The van der Waals surface area contributed by atoms with Gasteiger partial charge in [0.25, 0.3) is 0 Å². The van der Waals surface area contributed by atoms with Gasteiger partial charge in [0.1, 0.15) is 5.82 Å². The Morgan fingerprint density at radius 3 is 2.62 bits per heavy atom. The monoisotopic (exact) mass is 324 g/mol. The quantitative estimate of drug-likeness (QED) is 0.700. The lowest BCUT2D eigenvalue weighted by atomic mass is 10.0. The third kappa shape index (κ3) is 3.03. The summed E-state index contributed by atoms with van der Waals surface area (Å²) in [4.78, 5) is 10.8. The van der Waals surface area contributed by atoms with Gasteiger partial charge in [-0.25, -0.2) is 4.39 Å². The molecule has 6 heteroatoms. The number of nitrogens with zero attached hydrogens (tertiary/aromatic N) is 2. The number of amides is 1. The number of fused-ring (bicyclic) bond motifs is 1. The van der Waals surface area contributed by atoms with Crippen molar-refractivity contribution in [3.63, 3.8) is 0 Å². The van der Waals surface area contributed by atoms with Gasteiger partial charge in [0.15, 0.2) is 5.82 Å². The van der Waals surface area contributed by atoms with E-state index in [1.165, 1.54) is 6.07 Å². The molecule has 0 aliphatic rings. The van der Waals surface area contributed by atoms with Crippen LogP contribution >= 0.6 is 0 Å². The maximum Gasteiger partial charge on any atom is 0.212 e. The Morgan fingerprint density at radius 2 is 1.92 bits per heavy atom. The molecule has 3 aromatic rings. The van der Waals surface area contributed by atoms with E-state index in [-0.39, 0.29) is 11.9 Å². The number of benzene rings is 2. The lowest BCUT2D eigenvalue weighted by molar-refractivity contribution is -0.105. The zero-order chi connectivity index (χ0) is 17.1. The number of aromatic nitrogens is 2. The summed E-state index contributed by atoms with van der Waals surface area (Å²) in [6, 6.07) is 12.2. The van der Waals surface area contributed by atoms with Crippen LogP contribution in [0.2, 0.25) is 0 Å². The van der Waals surface area contributed by atoms with Crippen molar-refractivity contribution < 1.29 is 9.18 Å². The Labute approximate surface area is 138 Å². The molecule has 1 heterocycles. The minimum atomic E-state index is -0.287. The average molecular weight is 324 g/mol. The SMILES string of the molecule is CC(C)Nc1c(NC=O)nnc2cc(-c3ccccc3F)ccc12. The molecule has 3 rings (SSSR count). The normalized spacial score (nSPS) is 10.8. The van der Waals surface area contributed by atoms with E-state index < -0.39 is 0 Å². The predicted octanol–water partition coefficient (Wildman–Crippen LogP) is 3.82.